The summed E-state index contributed by atoms with van der Waals surface area (Å²) < 4.78 is 11.5. The van der Waals surface area contributed by atoms with Crippen molar-refractivity contribution in [3.63, 3.8) is 0 Å². The molecule has 2 aromatic rings. The summed E-state index contributed by atoms with van der Waals surface area (Å²) in [5.74, 6) is 1.49. The van der Waals surface area contributed by atoms with Gasteiger partial charge in [-0.2, -0.15) is 10.2 Å². The summed E-state index contributed by atoms with van der Waals surface area (Å²) in [6, 6.07) is 10.4. The second-order valence-electron chi connectivity index (χ2n) is 9.56. The smallest absolute Gasteiger partial charge is 0.128 e. The molecule has 2 N–H and O–H groups in total. The Labute approximate surface area is 223 Å². The van der Waals surface area contributed by atoms with Crippen molar-refractivity contribution in [2.75, 3.05) is 13.2 Å². The molecule has 0 aromatic heterocycles. The van der Waals surface area contributed by atoms with Crippen LogP contribution in [0.2, 0.25) is 0 Å². The summed E-state index contributed by atoms with van der Waals surface area (Å²) in [5, 5.41) is 29.0. The van der Waals surface area contributed by atoms with E-state index in [2.05, 4.69) is 24.1 Å². The predicted molar refractivity (Wildman–Crippen MR) is 154 cm³/mol. The van der Waals surface area contributed by atoms with Gasteiger partial charge in [0, 0.05) is 23.3 Å². The molecule has 0 spiro atoms. The van der Waals surface area contributed by atoms with Crippen molar-refractivity contribution in [3.05, 3.63) is 47.5 Å². The number of unbranched alkanes of at least 4 members (excludes halogenated alkanes) is 10. The molecule has 2 aromatic carbocycles. The third-order valence-electron chi connectivity index (χ3n) is 6.30. The second-order valence-corrected chi connectivity index (χ2v) is 9.56. The fourth-order valence-electron chi connectivity index (χ4n) is 4.01. The van der Waals surface area contributed by atoms with E-state index in [1.54, 1.807) is 31.2 Å². The number of nitrogens with zero attached hydrogens (tertiary/aromatic N) is 2. The molecule has 0 fully saturated rings. The van der Waals surface area contributed by atoms with Crippen LogP contribution in [-0.4, -0.2) is 35.4 Å². The molecule has 2 rings (SSSR count). The molecule has 0 saturated carbocycles. The van der Waals surface area contributed by atoms with Gasteiger partial charge in [-0.25, -0.2) is 0 Å². The van der Waals surface area contributed by atoms with Gasteiger partial charge in [-0.15, -0.1) is 0 Å². The van der Waals surface area contributed by atoms with E-state index in [1.165, 1.54) is 70.4 Å². The summed E-state index contributed by atoms with van der Waals surface area (Å²) in [6.45, 7) is 7.51. The maximum Gasteiger partial charge on any atom is 0.128 e. The zero-order valence-electron chi connectivity index (χ0n) is 23.0. The number of aromatic hydroxyl groups is 2. The molecule has 0 amide bonds. The van der Waals surface area contributed by atoms with Crippen LogP contribution < -0.4 is 9.47 Å². The predicted octanol–water partition coefficient (Wildman–Crippen LogP) is 8.42. The van der Waals surface area contributed by atoms with Crippen LogP contribution in [0.15, 0.2) is 46.6 Å². The Morgan fingerprint density at radius 3 is 1.76 bits per heavy atom. The molecular weight excluding hydrogens is 464 g/mol. The Morgan fingerprint density at radius 1 is 0.703 bits per heavy atom. The van der Waals surface area contributed by atoms with E-state index in [-0.39, 0.29) is 11.5 Å². The van der Waals surface area contributed by atoms with Crippen LogP contribution in [0.5, 0.6) is 23.0 Å². The van der Waals surface area contributed by atoms with Crippen LogP contribution in [0.4, 0.5) is 0 Å². The lowest BCUT2D eigenvalue weighted by atomic mass is 10.1. The number of phenolic OH excluding ortho intramolecular Hbond substituents is 2. The standard InChI is InChI=1S/C31H46N2O4/c1-4-6-8-10-12-14-20-36-27-17-16-26(30(34)22-27)24-32-33-25(3)29-19-18-28(23-31(29)35)37-21-15-13-11-9-7-5-2/h16-19,22-24,34-35H,4-15,20-21H2,1-3H3/b32-24+,33-25+. The van der Waals surface area contributed by atoms with Gasteiger partial charge < -0.3 is 19.7 Å². The number of hydrogen-bond donors (Lipinski definition) is 2. The van der Waals surface area contributed by atoms with Gasteiger partial charge in [0.2, 0.25) is 0 Å². The highest BCUT2D eigenvalue weighted by molar-refractivity contribution is 6.01. The lowest BCUT2D eigenvalue weighted by Crippen LogP contribution is -1.99. The molecule has 0 aliphatic heterocycles. The van der Waals surface area contributed by atoms with Gasteiger partial charge in [0.1, 0.15) is 23.0 Å². The van der Waals surface area contributed by atoms with Crippen molar-refractivity contribution in [2.45, 2.75) is 97.8 Å². The Kier molecular flexibility index (Phi) is 14.9. The van der Waals surface area contributed by atoms with Crippen LogP contribution in [0.25, 0.3) is 0 Å². The first-order chi connectivity index (χ1) is 18.0. The number of rotatable bonds is 19. The lowest BCUT2D eigenvalue weighted by molar-refractivity contribution is 0.302. The lowest BCUT2D eigenvalue weighted by Gasteiger charge is -2.09. The fourth-order valence-corrected chi connectivity index (χ4v) is 4.01. The van der Waals surface area contributed by atoms with E-state index >= 15 is 0 Å². The average molecular weight is 511 g/mol. The molecule has 6 heteroatoms. The van der Waals surface area contributed by atoms with Gasteiger partial charge in [-0.3, -0.25) is 0 Å². The SMILES string of the molecule is CCCCCCCCOc1ccc(/C=N/N=C(\C)c2ccc(OCCCCCCCC)cc2O)c(O)c1. The molecule has 0 aliphatic carbocycles. The first-order valence-electron chi connectivity index (χ1n) is 14.0. The second kappa shape index (κ2) is 18.3. The zero-order chi connectivity index (χ0) is 26.7. The number of benzene rings is 2. The highest BCUT2D eigenvalue weighted by atomic mass is 16.5. The number of phenols is 2. The highest BCUT2D eigenvalue weighted by Crippen LogP contribution is 2.25. The Bertz CT molecular complexity index is 972. The third-order valence-corrected chi connectivity index (χ3v) is 6.30. The molecule has 37 heavy (non-hydrogen) atoms. The number of ether oxygens (including phenoxy) is 2. The number of hydrogen-bond acceptors (Lipinski definition) is 6. The summed E-state index contributed by atoms with van der Waals surface area (Å²) in [6.07, 6.45) is 16.0. The molecule has 204 valence electrons. The maximum absolute atomic E-state index is 10.4. The topological polar surface area (TPSA) is 83.6 Å². The highest BCUT2D eigenvalue weighted by Gasteiger charge is 2.07. The fraction of sp³-hybridized carbons (Fsp3) is 0.548. The van der Waals surface area contributed by atoms with E-state index in [9.17, 15) is 10.2 Å². The average Bonchev–Trinajstić information content (AvgIpc) is 2.89. The van der Waals surface area contributed by atoms with Crippen molar-refractivity contribution in [1.29, 1.82) is 0 Å². The minimum Gasteiger partial charge on any atom is -0.507 e. The van der Waals surface area contributed by atoms with E-state index in [1.807, 2.05) is 12.1 Å². The van der Waals surface area contributed by atoms with Crippen molar-refractivity contribution < 1.29 is 19.7 Å². The van der Waals surface area contributed by atoms with E-state index in [0.717, 1.165) is 12.8 Å². The van der Waals surface area contributed by atoms with E-state index < -0.39 is 0 Å². The first-order valence-corrected chi connectivity index (χ1v) is 14.0. The van der Waals surface area contributed by atoms with E-state index in [4.69, 9.17) is 9.47 Å². The van der Waals surface area contributed by atoms with Gasteiger partial charge in [0.05, 0.1) is 25.1 Å². The first kappa shape index (κ1) is 30.2. The van der Waals surface area contributed by atoms with E-state index in [0.29, 0.717) is 41.6 Å². The van der Waals surface area contributed by atoms with Crippen molar-refractivity contribution in [1.82, 2.24) is 0 Å². The van der Waals surface area contributed by atoms with Gasteiger partial charge in [-0.1, -0.05) is 78.1 Å². The largest absolute Gasteiger partial charge is 0.507 e. The van der Waals surface area contributed by atoms with Crippen LogP contribution >= 0.6 is 0 Å². The van der Waals surface area contributed by atoms with Crippen LogP contribution in [0.3, 0.4) is 0 Å². The molecule has 0 saturated heterocycles. The molecule has 0 radical (unpaired) electrons. The molecule has 0 bridgehead atoms. The van der Waals surface area contributed by atoms with Crippen LogP contribution in [0.1, 0.15) is 109 Å². The zero-order valence-corrected chi connectivity index (χ0v) is 23.0. The van der Waals surface area contributed by atoms with Crippen molar-refractivity contribution in [3.8, 4) is 23.0 Å². The maximum atomic E-state index is 10.4. The molecule has 0 heterocycles. The van der Waals surface area contributed by atoms with Crippen LogP contribution in [0, 0.1) is 0 Å². The monoisotopic (exact) mass is 510 g/mol. The molecular formula is C31H46N2O4. The Balaban J connectivity index is 1.81. The van der Waals surface area contributed by atoms with Gasteiger partial charge >= 0.3 is 0 Å². The third kappa shape index (κ3) is 12.2. The minimum absolute atomic E-state index is 0.0896. The quantitative estimate of drug-likeness (QED) is 0.113. The Hall–Kier alpha value is -3.02. The summed E-state index contributed by atoms with van der Waals surface area (Å²) in [7, 11) is 0. The van der Waals surface area contributed by atoms with Gasteiger partial charge in [-0.05, 0) is 44.0 Å². The van der Waals surface area contributed by atoms with Crippen molar-refractivity contribution in [2.24, 2.45) is 10.2 Å². The van der Waals surface area contributed by atoms with Gasteiger partial charge in [0.15, 0.2) is 0 Å². The molecule has 0 unspecified atom stereocenters. The Morgan fingerprint density at radius 2 is 1.22 bits per heavy atom. The summed E-state index contributed by atoms with van der Waals surface area (Å²) in [4.78, 5) is 0. The normalized spacial score (nSPS) is 11.8. The molecule has 6 nitrogen and oxygen atoms in total. The minimum atomic E-state index is 0.0896. The molecule has 0 aliphatic rings. The summed E-state index contributed by atoms with van der Waals surface area (Å²) in [5.41, 5.74) is 1.70. The summed E-state index contributed by atoms with van der Waals surface area (Å²) >= 11 is 0. The van der Waals surface area contributed by atoms with Gasteiger partial charge in [0.25, 0.3) is 0 Å². The van der Waals surface area contributed by atoms with Crippen LogP contribution in [-0.2, 0) is 0 Å². The van der Waals surface area contributed by atoms with Crippen molar-refractivity contribution >= 4 is 11.9 Å². The molecule has 0 atom stereocenters.